The minimum atomic E-state index is 0.478. The molecule has 0 unspecified atom stereocenters. The molecule has 1 aromatic carbocycles. The summed E-state index contributed by atoms with van der Waals surface area (Å²) in [4.78, 5) is 4.71. The third-order valence-corrected chi connectivity index (χ3v) is 5.14. The zero-order chi connectivity index (χ0) is 13.9. The number of nitrogens with zero attached hydrogens (tertiary/aromatic N) is 2. The van der Waals surface area contributed by atoms with Gasteiger partial charge in [0.15, 0.2) is 5.17 Å². The number of hydrazone groups is 1. The van der Waals surface area contributed by atoms with Crippen LogP contribution in [0.5, 0.6) is 0 Å². The molecule has 2 aliphatic rings. The van der Waals surface area contributed by atoms with E-state index >= 15 is 0 Å². The standard InChI is InChI=1S/C14H15Cl2N3S/c15-11-6-5-9(7-12(11)16)13-8-20-14(19-18-13)17-10-3-1-2-4-10/h5-7,10H,1-4,8H2,(H,17,19). The molecule has 1 aromatic rings. The van der Waals surface area contributed by atoms with Gasteiger partial charge in [0.1, 0.15) is 0 Å². The van der Waals surface area contributed by atoms with Crippen molar-refractivity contribution < 1.29 is 0 Å². The van der Waals surface area contributed by atoms with Gasteiger partial charge in [0.05, 0.1) is 21.8 Å². The first-order valence-electron chi connectivity index (χ1n) is 6.71. The van der Waals surface area contributed by atoms with Crippen LogP contribution in [-0.4, -0.2) is 22.7 Å². The third kappa shape index (κ3) is 3.30. The number of nitrogens with one attached hydrogen (secondary N) is 1. The van der Waals surface area contributed by atoms with Crippen molar-refractivity contribution in [2.75, 3.05) is 5.75 Å². The topological polar surface area (TPSA) is 36.8 Å². The molecule has 0 bridgehead atoms. The number of rotatable bonds is 2. The molecule has 1 aliphatic carbocycles. The molecule has 1 fully saturated rings. The van der Waals surface area contributed by atoms with Crippen LogP contribution in [0.25, 0.3) is 0 Å². The molecule has 6 heteroatoms. The Balaban J connectivity index is 1.71. The van der Waals surface area contributed by atoms with Crippen LogP contribution in [-0.2, 0) is 0 Å². The zero-order valence-corrected chi connectivity index (χ0v) is 13.2. The number of amidine groups is 1. The number of thioether (sulfide) groups is 1. The summed E-state index contributed by atoms with van der Waals surface area (Å²) in [6.45, 7) is 0. The van der Waals surface area contributed by atoms with Crippen molar-refractivity contribution in [3.63, 3.8) is 0 Å². The van der Waals surface area contributed by atoms with Gasteiger partial charge in [-0.15, -0.1) is 0 Å². The molecule has 1 N–H and O–H groups in total. The second kappa shape index (κ2) is 6.37. The van der Waals surface area contributed by atoms with Gasteiger partial charge < -0.3 is 0 Å². The highest BCUT2D eigenvalue weighted by Gasteiger charge is 2.18. The van der Waals surface area contributed by atoms with E-state index in [9.17, 15) is 0 Å². The highest BCUT2D eigenvalue weighted by Crippen LogP contribution is 2.25. The highest BCUT2D eigenvalue weighted by molar-refractivity contribution is 8.14. The summed E-state index contributed by atoms with van der Waals surface area (Å²) in [6.07, 6.45) is 5.00. The summed E-state index contributed by atoms with van der Waals surface area (Å²) in [5, 5.41) is 6.46. The summed E-state index contributed by atoms with van der Waals surface area (Å²) in [5.41, 5.74) is 5.02. The Morgan fingerprint density at radius 2 is 2.00 bits per heavy atom. The third-order valence-electron chi connectivity index (χ3n) is 3.51. The molecular weight excluding hydrogens is 313 g/mol. The summed E-state index contributed by atoms with van der Waals surface area (Å²) in [5.74, 6) is 0.802. The summed E-state index contributed by atoms with van der Waals surface area (Å²) in [6, 6.07) is 6.07. The van der Waals surface area contributed by atoms with E-state index < -0.39 is 0 Å². The van der Waals surface area contributed by atoms with Gasteiger partial charge in [0.2, 0.25) is 0 Å². The second-order valence-electron chi connectivity index (χ2n) is 4.96. The largest absolute Gasteiger partial charge is 0.258 e. The fraction of sp³-hybridized carbons (Fsp3) is 0.429. The van der Waals surface area contributed by atoms with E-state index in [1.54, 1.807) is 17.8 Å². The van der Waals surface area contributed by atoms with E-state index in [0.717, 1.165) is 22.2 Å². The molecule has 3 rings (SSSR count). The number of hydrogen-bond acceptors (Lipinski definition) is 3. The molecule has 0 atom stereocenters. The van der Waals surface area contributed by atoms with E-state index in [0.29, 0.717) is 16.1 Å². The number of benzene rings is 1. The molecule has 3 nitrogen and oxygen atoms in total. The Labute approximate surface area is 132 Å². The molecule has 20 heavy (non-hydrogen) atoms. The van der Waals surface area contributed by atoms with Crippen molar-refractivity contribution >= 4 is 45.8 Å². The van der Waals surface area contributed by atoms with Gasteiger partial charge in [0.25, 0.3) is 0 Å². The molecule has 0 amide bonds. The maximum absolute atomic E-state index is 6.04. The summed E-state index contributed by atoms with van der Waals surface area (Å²) in [7, 11) is 0. The van der Waals surface area contributed by atoms with Crippen LogP contribution in [0.4, 0.5) is 0 Å². The Kier molecular flexibility index (Phi) is 4.54. The van der Waals surface area contributed by atoms with Crippen molar-refractivity contribution in [2.45, 2.75) is 31.7 Å². The van der Waals surface area contributed by atoms with E-state index in [1.807, 2.05) is 12.1 Å². The van der Waals surface area contributed by atoms with Crippen LogP contribution in [0.15, 0.2) is 28.3 Å². The van der Waals surface area contributed by atoms with Crippen LogP contribution < -0.4 is 5.43 Å². The second-order valence-corrected chi connectivity index (χ2v) is 6.74. The predicted octanol–water partition coefficient (Wildman–Crippen LogP) is 4.33. The summed E-state index contributed by atoms with van der Waals surface area (Å²) >= 11 is 13.7. The number of hydrogen-bond donors (Lipinski definition) is 1. The summed E-state index contributed by atoms with van der Waals surface area (Å²) < 4.78 is 0. The zero-order valence-electron chi connectivity index (χ0n) is 10.9. The van der Waals surface area contributed by atoms with Gasteiger partial charge in [-0.3, -0.25) is 10.4 Å². The van der Waals surface area contributed by atoms with Crippen molar-refractivity contribution in [2.24, 2.45) is 10.1 Å². The van der Waals surface area contributed by atoms with Crippen LogP contribution >= 0.6 is 35.0 Å². The fourth-order valence-corrected chi connectivity index (χ4v) is 3.54. The van der Waals surface area contributed by atoms with Crippen LogP contribution in [0, 0.1) is 0 Å². The van der Waals surface area contributed by atoms with Crippen LogP contribution in [0.2, 0.25) is 10.0 Å². The number of aliphatic imine (C=N–C) groups is 1. The van der Waals surface area contributed by atoms with Crippen molar-refractivity contribution in [3.8, 4) is 0 Å². The molecule has 1 saturated carbocycles. The predicted molar refractivity (Wildman–Crippen MR) is 88.3 cm³/mol. The van der Waals surface area contributed by atoms with E-state index in [-0.39, 0.29) is 0 Å². The van der Waals surface area contributed by atoms with Crippen molar-refractivity contribution in [3.05, 3.63) is 33.8 Å². The quantitative estimate of drug-likeness (QED) is 0.877. The highest BCUT2D eigenvalue weighted by atomic mass is 35.5. The molecule has 1 heterocycles. The monoisotopic (exact) mass is 327 g/mol. The van der Waals surface area contributed by atoms with Gasteiger partial charge in [-0.2, -0.15) is 5.10 Å². The fourth-order valence-electron chi connectivity index (χ4n) is 2.41. The average Bonchev–Trinajstić information content (AvgIpc) is 2.96. The van der Waals surface area contributed by atoms with Gasteiger partial charge in [-0.1, -0.05) is 53.9 Å². The van der Waals surface area contributed by atoms with E-state index in [1.165, 1.54) is 25.7 Å². The maximum Gasteiger partial charge on any atom is 0.177 e. The molecule has 0 spiro atoms. The Bertz CT molecular complexity index is 566. The first kappa shape index (κ1) is 14.2. The lowest BCUT2D eigenvalue weighted by Gasteiger charge is -2.16. The lowest BCUT2D eigenvalue weighted by Crippen LogP contribution is -2.26. The normalized spacial score (nSPS) is 21.9. The van der Waals surface area contributed by atoms with Crippen LogP contribution in [0.3, 0.4) is 0 Å². The van der Waals surface area contributed by atoms with E-state index in [2.05, 4.69) is 10.5 Å². The molecule has 1 aliphatic heterocycles. The molecule has 0 radical (unpaired) electrons. The Hall–Kier alpha value is -0.710. The first-order chi connectivity index (χ1) is 9.72. The van der Waals surface area contributed by atoms with Gasteiger partial charge >= 0.3 is 0 Å². The SMILES string of the molecule is Clc1ccc(C2=NNC(=NC3CCCC3)SC2)cc1Cl. The van der Waals surface area contributed by atoms with Gasteiger partial charge in [-0.25, -0.2) is 0 Å². The Morgan fingerprint density at radius 3 is 2.65 bits per heavy atom. The Morgan fingerprint density at radius 1 is 1.20 bits per heavy atom. The lowest BCUT2D eigenvalue weighted by atomic mass is 10.1. The molecule has 0 aromatic heterocycles. The van der Waals surface area contributed by atoms with Crippen molar-refractivity contribution in [1.29, 1.82) is 0 Å². The van der Waals surface area contributed by atoms with Gasteiger partial charge in [-0.05, 0) is 25.0 Å². The minimum absolute atomic E-state index is 0.478. The van der Waals surface area contributed by atoms with Gasteiger partial charge in [0, 0.05) is 11.3 Å². The van der Waals surface area contributed by atoms with Crippen LogP contribution in [0.1, 0.15) is 31.2 Å². The smallest absolute Gasteiger partial charge is 0.177 e. The average molecular weight is 328 g/mol. The van der Waals surface area contributed by atoms with E-state index in [4.69, 9.17) is 28.2 Å². The lowest BCUT2D eigenvalue weighted by molar-refractivity contribution is 0.703. The molecule has 0 saturated heterocycles. The first-order valence-corrected chi connectivity index (χ1v) is 8.45. The molecule has 106 valence electrons. The maximum atomic E-state index is 6.04. The minimum Gasteiger partial charge on any atom is -0.258 e. The number of halogens is 2. The molecular formula is C14H15Cl2N3S. The van der Waals surface area contributed by atoms with Crippen molar-refractivity contribution in [1.82, 2.24) is 5.43 Å².